The van der Waals surface area contributed by atoms with Gasteiger partial charge in [0, 0.05) is 5.71 Å². The molecule has 1 heterocycles. The topological polar surface area (TPSA) is 15.6 Å². The van der Waals surface area contributed by atoms with Gasteiger partial charge in [-0.2, -0.15) is 0 Å². The highest BCUT2D eigenvalue weighted by Crippen LogP contribution is 2.07. The van der Waals surface area contributed by atoms with E-state index in [1.165, 1.54) is 57.3 Å². The van der Waals surface area contributed by atoms with E-state index >= 15 is 0 Å². The summed E-state index contributed by atoms with van der Waals surface area (Å²) in [5, 5.41) is 0. The van der Waals surface area contributed by atoms with Crippen LogP contribution >= 0.6 is 0 Å². The summed E-state index contributed by atoms with van der Waals surface area (Å²) in [5.41, 5.74) is 1.29. The van der Waals surface area contributed by atoms with Crippen molar-refractivity contribution in [1.29, 1.82) is 0 Å². The summed E-state index contributed by atoms with van der Waals surface area (Å²) >= 11 is 0. The number of rotatable bonds is 8. The van der Waals surface area contributed by atoms with Gasteiger partial charge in [-0.25, -0.2) is 0 Å². The molecular weight excluding hydrogens is 208 g/mol. The Hall–Kier alpha value is -0.630. The molecule has 0 aliphatic carbocycles. The Kier molecular flexibility index (Phi) is 7.98. The Morgan fingerprint density at radius 1 is 1.18 bits per heavy atom. The van der Waals surface area contributed by atoms with E-state index in [0.29, 0.717) is 0 Å². The van der Waals surface area contributed by atoms with E-state index in [0.717, 1.165) is 13.1 Å². The van der Waals surface area contributed by atoms with Crippen LogP contribution in [0.1, 0.15) is 58.8 Å². The van der Waals surface area contributed by atoms with Gasteiger partial charge in [-0.15, -0.1) is 0 Å². The molecule has 0 aromatic rings. The molecule has 0 unspecified atom stereocenters. The zero-order valence-corrected chi connectivity index (χ0v) is 11.6. The maximum absolute atomic E-state index is 4.75. The highest BCUT2D eigenvalue weighted by Gasteiger charge is 2.09. The zero-order valence-electron chi connectivity index (χ0n) is 11.6. The van der Waals surface area contributed by atoms with E-state index in [4.69, 9.17) is 4.99 Å². The first-order valence-electron chi connectivity index (χ1n) is 7.29. The molecule has 1 aliphatic heterocycles. The number of allylic oxidation sites excluding steroid dienone is 2. The van der Waals surface area contributed by atoms with Crippen molar-refractivity contribution in [1.82, 2.24) is 4.90 Å². The third-order valence-electron chi connectivity index (χ3n) is 3.21. The van der Waals surface area contributed by atoms with Crippen LogP contribution in [-0.4, -0.2) is 30.4 Å². The number of unbranched alkanes of at least 4 members (excludes halogenated alkanes) is 2. The van der Waals surface area contributed by atoms with E-state index in [9.17, 15) is 0 Å². The monoisotopic (exact) mass is 236 g/mol. The first-order valence-corrected chi connectivity index (χ1v) is 7.29. The largest absolute Gasteiger partial charge is 0.284 e. The van der Waals surface area contributed by atoms with E-state index < -0.39 is 0 Å². The molecule has 0 spiro atoms. The number of hydrogen-bond donors (Lipinski definition) is 0. The lowest BCUT2D eigenvalue weighted by Gasteiger charge is -2.11. The van der Waals surface area contributed by atoms with Gasteiger partial charge in [0.1, 0.15) is 0 Å². The van der Waals surface area contributed by atoms with E-state index in [1.807, 2.05) is 0 Å². The summed E-state index contributed by atoms with van der Waals surface area (Å²) in [5.74, 6) is 0. The van der Waals surface area contributed by atoms with Gasteiger partial charge in [0.2, 0.25) is 0 Å². The van der Waals surface area contributed by atoms with Crippen LogP contribution in [0.15, 0.2) is 17.1 Å². The third kappa shape index (κ3) is 6.62. The highest BCUT2D eigenvalue weighted by molar-refractivity contribution is 5.94. The summed E-state index contributed by atoms with van der Waals surface area (Å²) in [6.07, 6.45) is 13.3. The minimum atomic E-state index is 0.910. The number of aliphatic imine (C=N–C) groups is 1. The van der Waals surface area contributed by atoms with Gasteiger partial charge in [-0.3, -0.25) is 9.89 Å². The SMILES string of the molecule is CCCC/C=C\C(CCC)=NCN1CCCC1. The van der Waals surface area contributed by atoms with Gasteiger partial charge < -0.3 is 0 Å². The number of hydrogen-bond acceptors (Lipinski definition) is 2. The standard InChI is InChI=1S/C15H28N2/c1-3-5-6-7-11-15(10-4-2)16-14-17-12-8-9-13-17/h7,11H,3-6,8-10,12-14H2,1-2H3/b11-7-,16-15?. The van der Waals surface area contributed by atoms with Crippen LogP contribution in [-0.2, 0) is 0 Å². The molecule has 17 heavy (non-hydrogen) atoms. The van der Waals surface area contributed by atoms with Gasteiger partial charge >= 0.3 is 0 Å². The smallest absolute Gasteiger partial charge is 0.0912 e. The average molecular weight is 236 g/mol. The van der Waals surface area contributed by atoms with Crippen LogP contribution in [0.2, 0.25) is 0 Å². The summed E-state index contributed by atoms with van der Waals surface area (Å²) < 4.78 is 0. The van der Waals surface area contributed by atoms with Crippen molar-refractivity contribution in [3.63, 3.8) is 0 Å². The van der Waals surface area contributed by atoms with Crippen LogP contribution < -0.4 is 0 Å². The molecule has 0 radical (unpaired) electrons. The van der Waals surface area contributed by atoms with Crippen LogP contribution in [0.25, 0.3) is 0 Å². The Morgan fingerprint density at radius 2 is 1.94 bits per heavy atom. The van der Waals surface area contributed by atoms with Crippen molar-refractivity contribution in [2.75, 3.05) is 19.8 Å². The summed E-state index contributed by atoms with van der Waals surface area (Å²) in [4.78, 5) is 7.20. The second-order valence-electron chi connectivity index (χ2n) is 4.91. The van der Waals surface area contributed by atoms with Gasteiger partial charge in [0.05, 0.1) is 6.67 Å². The molecule has 0 amide bonds. The number of likely N-dealkylation sites (tertiary alicyclic amines) is 1. The average Bonchev–Trinajstić information content (AvgIpc) is 2.84. The highest BCUT2D eigenvalue weighted by atomic mass is 15.2. The maximum atomic E-state index is 4.75. The predicted octanol–water partition coefficient (Wildman–Crippen LogP) is 4.03. The normalized spacial score (nSPS) is 18.4. The fourth-order valence-electron chi connectivity index (χ4n) is 2.13. The molecule has 0 bridgehead atoms. The van der Waals surface area contributed by atoms with Crippen LogP contribution in [0, 0.1) is 0 Å². The quantitative estimate of drug-likeness (QED) is 0.459. The lowest BCUT2D eigenvalue weighted by Crippen LogP contribution is -2.19. The summed E-state index contributed by atoms with van der Waals surface area (Å²) in [6, 6.07) is 0. The summed E-state index contributed by atoms with van der Waals surface area (Å²) in [6.45, 7) is 7.85. The Bertz CT molecular complexity index is 237. The van der Waals surface area contributed by atoms with E-state index in [1.54, 1.807) is 0 Å². The second-order valence-corrected chi connectivity index (χ2v) is 4.91. The predicted molar refractivity (Wildman–Crippen MR) is 76.7 cm³/mol. The van der Waals surface area contributed by atoms with Crippen LogP contribution in [0.5, 0.6) is 0 Å². The minimum Gasteiger partial charge on any atom is -0.284 e. The van der Waals surface area contributed by atoms with Crippen molar-refractivity contribution in [3.8, 4) is 0 Å². The molecule has 2 nitrogen and oxygen atoms in total. The van der Waals surface area contributed by atoms with Crippen molar-refractivity contribution in [2.45, 2.75) is 58.8 Å². The molecule has 98 valence electrons. The van der Waals surface area contributed by atoms with E-state index in [2.05, 4.69) is 30.9 Å². The zero-order chi connectivity index (χ0) is 12.3. The molecule has 0 atom stereocenters. The first kappa shape index (κ1) is 14.4. The Labute approximate surface area is 107 Å². The molecule has 1 saturated heterocycles. The van der Waals surface area contributed by atoms with Gasteiger partial charge in [-0.05, 0) is 44.8 Å². The molecular formula is C15H28N2. The van der Waals surface area contributed by atoms with Gasteiger partial charge in [0.25, 0.3) is 0 Å². The Balaban J connectivity index is 2.34. The first-order chi connectivity index (χ1) is 8.36. The third-order valence-corrected chi connectivity index (χ3v) is 3.21. The van der Waals surface area contributed by atoms with Crippen molar-refractivity contribution >= 4 is 5.71 Å². The molecule has 0 aromatic heterocycles. The molecule has 1 rings (SSSR count). The lowest BCUT2D eigenvalue weighted by molar-refractivity contribution is 0.351. The lowest BCUT2D eigenvalue weighted by atomic mass is 10.2. The molecule has 0 saturated carbocycles. The van der Waals surface area contributed by atoms with Crippen LogP contribution in [0.4, 0.5) is 0 Å². The Morgan fingerprint density at radius 3 is 2.59 bits per heavy atom. The van der Waals surface area contributed by atoms with Crippen LogP contribution in [0.3, 0.4) is 0 Å². The molecule has 1 fully saturated rings. The van der Waals surface area contributed by atoms with Crippen molar-refractivity contribution < 1.29 is 0 Å². The van der Waals surface area contributed by atoms with E-state index in [-0.39, 0.29) is 0 Å². The fourth-order valence-corrected chi connectivity index (χ4v) is 2.13. The van der Waals surface area contributed by atoms with Crippen molar-refractivity contribution in [3.05, 3.63) is 12.2 Å². The molecule has 0 aromatic carbocycles. The molecule has 2 heteroatoms. The van der Waals surface area contributed by atoms with Gasteiger partial charge in [0.15, 0.2) is 0 Å². The molecule has 0 N–H and O–H groups in total. The van der Waals surface area contributed by atoms with Gasteiger partial charge in [-0.1, -0.05) is 39.2 Å². The van der Waals surface area contributed by atoms with Crippen molar-refractivity contribution in [2.24, 2.45) is 4.99 Å². The molecule has 1 aliphatic rings. The number of nitrogens with zero attached hydrogens (tertiary/aromatic N) is 2. The maximum Gasteiger partial charge on any atom is 0.0912 e. The summed E-state index contributed by atoms with van der Waals surface area (Å²) in [7, 11) is 0. The second kappa shape index (κ2) is 9.41. The fraction of sp³-hybridized carbons (Fsp3) is 0.800. The minimum absolute atomic E-state index is 0.910.